The van der Waals surface area contributed by atoms with Gasteiger partial charge < -0.3 is 15.0 Å². The third-order valence-corrected chi connectivity index (χ3v) is 3.42. The van der Waals surface area contributed by atoms with E-state index in [-0.39, 0.29) is 17.9 Å². The van der Waals surface area contributed by atoms with Crippen LogP contribution in [0.5, 0.6) is 0 Å². The van der Waals surface area contributed by atoms with Crippen molar-refractivity contribution in [2.75, 3.05) is 25.5 Å². The van der Waals surface area contributed by atoms with Crippen LogP contribution in [0.2, 0.25) is 0 Å². The standard InChI is InChI=1S/C10H14N4O3S/c1-17-10(16)14-4-2-3-7(5-14)8(15)12-9-13-11-6-18-9/h6-7H,2-5H2,1H3,(H,12,13,15). The van der Waals surface area contributed by atoms with Crippen LogP contribution in [0.15, 0.2) is 5.51 Å². The lowest BCUT2D eigenvalue weighted by Gasteiger charge is -2.30. The molecule has 0 bridgehead atoms. The average Bonchev–Trinajstić information content (AvgIpc) is 2.90. The molecule has 2 rings (SSSR count). The number of likely N-dealkylation sites (tertiary alicyclic amines) is 1. The summed E-state index contributed by atoms with van der Waals surface area (Å²) >= 11 is 1.27. The minimum atomic E-state index is -0.386. The Hall–Kier alpha value is -1.70. The molecule has 0 aliphatic carbocycles. The van der Waals surface area contributed by atoms with Crippen molar-refractivity contribution in [2.45, 2.75) is 12.8 Å². The summed E-state index contributed by atoms with van der Waals surface area (Å²) in [7, 11) is 1.34. The number of carbonyl (C=O) groups is 2. The largest absolute Gasteiger partial charge is 0.453 e. The SMILES string of the molecule is COC(=O)N1CCCC(C(=O)Nc2nncs2)C1. The number of anilines is 1. The second-order valence-electron chi connectivity index (χ2n) is 3.99. The lowest BCUT2D eigenvalue weighted by Crippen LogP contribution is -2.43. The quantitative estimate of drug-likeness (QED) is 0.865. The van der Waals surface area contributed by atoms with E-state index in [2.05, 4.69) is 20.3 Å². The Labute approximate surface area is 108 Å². The maximum atomic E-state index is 12.0. The first-order chi connectivity index (χ1) is 8.70. The summed E-state index contributed by atoms with van der Waals surface area (Å²) in [5.74, 6) is -0.345. The molecule has 0 aromatic carbocycles. The molecule has 0 radical (unpaired) electrons. The molecule has 2 amide bonds. The topological polar surface area (TPSA) is 84.4 Å². The minimum Gasteiger partial charge on any atom is -0.453 e. The number of nitrogens with one attached hydrogen (secondary N) is 1. The highest BCUT2D eigenvalue weighted by Gasteiger charge is 2.29. The Morgan fingerprint density at radius 2 is 2.44 bits per heavy atom. The van der Waals surface area contributed by atoms with Crippen LogP contribution in [0.1, 0.15) is 12.8 Å². The normalized spacial score (nSPS) is 19.4. The first-order valence-electron chi connectivity index (χ1n) is 5.60. The Morgan fingerprint density at radius 3 is 3.11 bits per heavy atom. The summed E-state index contributed by atoms with van der Waals surface area (Å²) in [6, 6.07) is 0. The zero-order chi connectivity index (χ0) is 13.0. The average molecular weight is 270 g/mol. The van der Waals surface area contributed by atoms with Gasteiger partial charge >= 0.3 is 6.09 Å². The highest BCUT2D eigenvalue weighted by molar-refractivity contribution is 7.13. The molecule has 0 spiro atoms. The van der Waals surface area contributed by atoms with Gasteiger partial charge in [0.1, 0.15) is 5.51 Å². The van der Waals surface area contributed by atoms with Gasteiger partial charge in [-0.2, -0.15) is 0 Å². The number of amides is 2. The molecule has 18 heavy (non-hydrogen) atoms. The summed E-state index contributed by atoms with van der Waals surface area (Å²) in [6.45, 7) is 1.02. The fraction of sp³-hybridized carbons (Fsp3) is 0.600. The summed E-state index contributed by atoms with van der Waals surface area (Å²) in [5.41, 5.74) is 1.55. The molecule has 1 atom stereocenters. The Balaban J connectivity index is 1.92. The molecule has 1 saturated heterocycles. The second-order valence-corrected chi connectivity index (χ2v) is 4.82. The van der Waals surface area contributed by atoms with E-state index in [0.29, 0.717) is 18.2 Å². The fourth-order valence-corrected chi connectivity index (χ4v) is 2.37. The molecule has 1 fully saturated rings. The molecule has 98 valence electrons. The number of hydrogen-bond acceptors (Lipinski definition) is 6. The van der Waals surface area contributed by atoms with Gasteiger partial charge in [-0.25, -0.2) is 4.79 Å². The van der Waals surface area contributed by atoms with Gasteiger partial charge in [-0.15, -0.1) is 10.2 Å². The molecule has 1 aromatic heterocycles. The smallest absolute Gasteiger partial charge is 0.409 e. The molecule has 7 nitrogen and oxygen atoms in total. The molecule has 1 unspecified atom stereocenters. The first-order valence-corrected chi connectivity index (χ1v) is 6.48. The zero-order valence-electron chi connectivity index (χ0n) is 9.96. The molecular formula is C10H14N4O3S. The van der Waals surface area contributed by atoms with Gasteiger partial charge in [0.05, 0.1) is 13.0 Å². The molecule has 0 saturated carbocycles. The Bertz CT molecular complexity index is 423. The summed E-state index contributed by atoms with van der Waals surface area (Å²) in [4.78, 5) is 24.9. The Kier molecular flexibility index (Phi) is 4.08. The summed E-state index contributed by atoms with van der Waals surface area (Å²) in [6.07, 6.45) is 1.17. The van der Waals surface area contributed by atoms with Crippen LogP contribution in [0.25, 0.3) is 0 Å². The number of nitrogens with zero attached hydrogens (tertiary/aromatic N) is 3. The monoisotopic (exact) mass is 270 g/mol. The van der Waals surface area contributed by atoms with Crippen LogP contribution in [-0.2, 0) is 9.53 Å². The number of piperidine rings is 1. The van der Waals surface area contributed by atoms with Crippen LogP contribution in [0.4, 0.5) is 9.93 Å². The van der Waals surface area contributed by atoms with Crippen molar-refractivity contribution in [3.63, 3.8) is 0 Å². The highest BCUT2D eigenvalue weighted by Crippen LogP contribution is 2.19. The second kappa shape index (κ2) is 5.76. The summed E-state index contributed by atoms with van der Waals surface area (Å²) < 4.78 is 4.66. The number of rotatable bonds is 2. The van der Waals surface area contributed by atoms with Gasteiger partial charge in [0.25, 0.3) is 0 Å². The maximum Gasteiger partial charge on any atom is 0.409 e. The van der Waals surface area contributed by atoms with Gasteiger partial charge in [-0.05, 0) is 12.8 Å². The summed E-state index contributed by atoms with van der Waals surface area (Å²) in [5, 5.41) is 10.6. The lowest BCUT2D eigenvalue weighted by molar-refractivity contribution is -0.121. The van der Waals surface area contributed by atoms with Crippen LogP contribution in [0.3, 0.4) is 0 Å². The van der Waals surface area contributed by atoms with Gasteiger partial charge in [-0.3, -0.25) is 4.79 Å². The van der Waals surface area contributed by atoms with E-state index in [9.17, 15) is 9.59 Å². The number of ether oxygens (including phenoxy) is 1. The number of methoxy groups -OCH3 is 1. The molecular weight excluding hydrogens is 256 g/mol. The van der Waals surface area contributed by atoms with E-state index < -0.39 is 0 Å². The number of hydrogen-bond donors (Lipinski definition) is 1. The molecule has 1 aliphatic heterocycles. The van der Waals surface area contributed by atoms with E-state index >= 15 is 0 Å². The van der Waals surface area contributed by atoms with Crippen molar-refractivity contribution in [3.05, 3.63) is 5.51 Å². The van der Waals surface area contributed by atoms with Crippen molar-refractivity contribution in [1.82, 2.24) is 15.1 Å². The van der Waals surface area contributed by atoms with Crippen LogP contribution < -0.4 is 5.32 Å². The van der Waals surface area contributed by atoms with Crippen LogP contribution in [0, 0.1) is 5.92 Å². The van der Waals surface area contributed by atoms with E-state index in [0.717, 1.165) is 12.8 Å². The highest BCUT2D eigenvalue weighted by atomic mass is 32.1. The van der Waals surface area contributed by atoms with Crippen molar-refractivity contribution in [3.8, 4) is 0 Å². The van der Waals surface area contributed by atoms with Gasteiger partial charge in [0, 0.05) is 13.1 Å². The van der Waals surface area contributed by atoms with Gasteiger partial charge in [0.15, 0.2) is 0 Å². The molecule has 1 N–H and O–H groups in total. The zero-order valence-corrected chi connectivity index (χ0v) is 10.8. The predicted molar refractivity (Wildman–Crippen MR) is 65.2 cm³/mol. The van der Waals surface area contributed by atoms with E-state index in [1.165, 1.54) is 18.4 Å². The van der Waals surface area contributed by atoms with E-state index in [1.807, 2.05) is 0 Å². The van der Waals surface area contributed by atoms with Crippen molar-refractivity contribution >= 4 is 28.5 Å². The third kappa shape index (κ3) is 2.95. The molecule has 2 heterocycles. The lowest BCUT2D eigenvalue weighted by atomic mass is 9.97. The van der Waals surface area contributed by atoms with Gasteiger partial charge in [-0.1, -0.05) is 11.3 Å². The van der Waals surface area contributed by atoms with E-state index in [4.69, 9.17) is 0 Å². The van der Waals surface area contributed by atoms with Crippen molar-refractivity contribution in [1.29, 1.82) is 0 Å². The molecule has 1 aliphatic rings. The van der Waals surface area contributed by atoms with E-state index in [1.54, 1.807) is 10.4 Å². The number of carbonyl (C=O) groups excluding carboxylic acids is 2. The third-order valence-electron chi connectivity index (χ3n) is 2.82. The van der Waals surface area contributed by atoms with Crippen molar-refractivity contribution < 1.29 is 14.3 Å². The van der Waals surface area contributed by atoms with Crippen LogP contribution in [-0.4, -0.2) is 47.3 Å². The minimum absolute atomic E-state index is 0.125. The van der Waals surface area contributed by atoms with Crippen LogP contribution >= 0.6 is 11.3 Å². The number of aromatic nitrogens is 2. The maximum absolute atomic E-state index is 12.0. The fourth-order valence-electron chi connectivity index (χ4n) is 1.92. The van der Waals surface area contributed by atoms with Gasteiger partial charge in [0.2, 0.25) is 11.0 Å². The van der Waals surface area contributed by atoms with Crippen molar-refractivity contribution in [2.24, 2.45) is 5.92 Å². The molecule has 1 aromatic rings. The molecule has 8 heteroatoms. The predicted octanol–water partition coefficient (Wildman–Crippen LogP) is 0.955. The first kappa shape index (κ1) is 12.7. The Morgan fingerprint density at radius 1 is 1.61 bits per heavy atom.